The van der Waals surface area contributed by atoms with Gasteiger partial charge in [-0.25, -0.2) is 0 Å². The minimum atomic E-state index is 0.165. The second-order valence-corrected chi connectivity index (χ2v) is 5.38. The Morgan fingerprint density at radius 3 is 2.62 bits per heavy atom. The molecule has 1 aromatic rings. The molecular formula is C13H14Cl2O. The Balaban J connectivity index is 1.95. The fraction of sp³-hybridized carbons (Fsp3) is 0.462. The lowest BCUT2D eigenvalue weighted by molar-refractivity contribution is 0.0977. The molecule has 0 aliphatic heterocycles. The maximum atomic E-state index is 11.8. The first-order valence-electron chi connectivity index (χ1n) is 5.56. The van der Waals surface area contributed by atoms with Gasteiger partial charge in [-0.1, -0.05) is 30.1 Å². The van der Waals surface area contributed by atoms with Crippen LogP contribution in [-0.2, 0) is 0 Å². The van der Waals surface area contributed by atoms with Gasteiger partial charge < -0.3 is 0 Å². The van der Waals surface area contributed by atoms with E-state index in [9.17, 15) is 4.79 Å². The van der Waals surface area contributed by atoms with Gasteiger partial charge in [0, 0.05) is 12.0 Å². The van der Waals surface area contributed by atoms with Gasteiger partial charge in [-0.05, 0) is 42.9 Å². The first-order chi connectivity index (χ1) is 7.58. The average molecular weight is 257 g/mol. The number of ketones is 1. The van der Waals surface area contributed by atoms with Gasteiger partial charge in [0.2, 0.25) is 0 Å². The van der Waals surface area contributed by atoms with Crippen LogP contribution < -0.4 is 0 Å². The number of carbonyl (C=O) groups is 1. The fourth-order valence-corrected chi connectivity index (χ4v) is 2.23. The van der Waals surface area contributed by atoms with E-state index in [4.69, 9.17) is 23.2 Å². The number of hydrogen-bond acceptors (Lipinski definition) is 1. The lowest BCUT2D eigenvalue weighted by Crippen LogP contribution is -1.99. The average Bonchev–Trinajstić information content (AvgIpc) is 2.95. The minimum absolute atomic E-state index is 0.165. The van der Waals surface area contributed by atoms with Crippen LogP contribution in [0.25, 0.3) is 0 Å². The lowest BCUT2D eigenvalue weighted by Gasteiger charge is -2.02. The summed E-state index contributed by atoms with van der Waals surface area (Å²) in [5.74, 6) is 1.73. The van der Waals surface area contributed by atoms with Crippen molar-refractivity contribution in [2.45, 2.75) is 26.2 Å². The summed E-state index contributed by atoms with van der Waals surface area (Å²) in [5, 5.41) is 0.946. The largest absolute Gasteiger partial charge is 0.294 e. The highest BCUT2D eigenvalue weighted by atomic mass is 35.5. The molecule has 1 aliphatic rings. The molecule has 0 N–H and O–H groups in total. The molecule has 16 heavy (non-hydrogen) atoms. The highest BCUT2D eigenvalue weighted by molar-refractivity contribution is 6.42. The summed E-state index contributed by atoms with van der Waals surface area (Å²) in [5.41, 5.74) is 0.669. The Morgan fingerprint density at radius 1 is 1.38 bits per heavy atom. The third-order valence-electron chi connectivity index (χ3n) is 3.26. The summed E-state index contributed by atoms with van der Waals surface area (Å²) >= 11 is 11.7. The van der Waals surface area contributed by atoms with E-state index in [2.05, 4.69) is 6.92 Å². The molecule has 0 amide bonds. The number of carbonyl (C=O) groups excluding carboxylic acids is 1. The molecule has 2 rings (SSSR count). The van der Waals surface area contributed by atoms with Gasteiger partial charge in [-0.3, -0.25) is 4.79 Å². The zero-order chi connectivity index (χ0) is 11.7. The molecule has 1 saturated carbocycles. The van der Waals surface area contributed by atoms with Gasteiger partial charge in [0.1, 0.15) is 0 Å². The standard InChI is InChI=1S/C13H14Cl2O/c1-8-6-9(8)3-5-13(16)10-2-4-11(14)12(15)7-10/h2,4,7-9H,3,5-6H2,1H3. The molecule has 1 fully saturated rings. The molecule has 0 heterocycles. The summed E-state index contributed by atoms with van der Waals surface area (Å²) in [7, 11) is 0. The van der Waals surface area contributed by atoms with Crippen molar-refractivity contribution in [1.82, 2.24) is 0 Å². The van der Waals surface area contributed by atoms with Crippen molar-refractivity contribution >= 4 is 29.0 Å². The Bertz CT molecular complexity index is 414. The van der Waals surface area contributed by atoms with E-state index in [-0.39, 0.29) is 5.78 Å². The van der Waals surface area contributed by atoms with Crippen molar-refractivity contribution in [2.75, 3.05) is 0 Å². The van der Waals surface area contributed by atoms with Gasteiger partial charge >= 0.3 is 0 Å². The second kappa shape index (κ2) is 4.77. The zero-order valence-electron chi connectivity index (χ0n) is 9.17. The van der Waals surface area contributed by atoms with Crippen LogP contribution in [0.15, 0.2) is 18.2 Å². The molecule has 0 bridgehead atoms. The summed E-state index contributed by atoms with van der Waals surface area (Å²) in [6.45, 7) is 2.23. The van der Waals surface area contributed by atoms with Gasteiger partial charge in [-0.15, -0.1) is 0 Å². The van der Waals surface area contributed by atoms with Crippen LogP contribution in [-0.4, -0.2) is 5.78 Å². The van der Waals surface area contributed by atoms with Crippen molar-refractivity contribution in [3.63, 3.8) is 0 Å². The van der Waals surface area contributed by atoms with Gasteiger partial charge in [0.05, 0.1) is 10.0 Å². The molecule has 1 aromatic carbocycles. The highest BCUT2D eigenvalue weighted by Crippen LogP contribution is 2.41. The molecule has 0 radical (unpaired) electrons. The summed E-state index contributed by atoms with van der Waals surface area (Å²) in [4.78, 5) is 11.8. The van der Waals surface area contributed by atoms with Crippen molar-refractivity contribution in [1.29, 1.82) is 0 Å². The first-order valence-corrected chi connectivity index (χ1v) is 6.32. The van der Waals surface area contributed by atoms with Crippen LogP contribution in [0.1, 0.15) is 36.5 Å². The topological polar surface area (TPSA) is 17.1 Å². The van der Waals surface area contributed by atoms with Crippen molar-refractivity contribution in [3.8, 4) is 0 Å². The molecule has 1 aliphatic carbocycles. The van der Waals surface area contributed by atoms with Crippen LogP contribution in [0.3, 0.4) is 0 Å². The van der Waals surface area contributed by atoms with Crippen LogP contribution in [0.4, 0.5) is 0 Å². The Kier molecular flexibility index (Phi) is 3.56. The molecular weight excluding hydrogens is 243 g/mol. The predicted molar refractivity (Wildman–Crippen MR) is 67.3 cm³/mol. The summed E-state index contributed by atoms with van der Waals surface area (Å²) in [6.07, 6.45) is 2.89. The number of hydrogen-bond donors (Lipinski definition) is 0. The van der Waals surface area contributed by atoms with Gasteiger partial charge in [0.15, 0.2) is 5.78 Å². The highest BCUT2D eigenvalue weighted by Gasteiger charge is 2.32. The third kappa shape index (κ3) is 2.78. The van der Waals surface area contributed by atoms with Crippen molar-refractivity contribution in [3.05, 3.63) is 33.8 Å². The molecule has 0 aromatic heterocycles. The van der Waals surface area contributed by atoms with E-state index >= 15 is 0 Å². The quantitative estimate of drug-likeness (QED) is 0.719. The van der Waals surface area contributed by atoms with Gasteiger partial charge in [-0.2, -0.15) is 0 Å². The minimum Gasteiger partial charge on any atom is -0.294 e. The number of benzene rings is 1. The molecule has 1 nitrogen and oxygen atoms in total. The Labute approximate surface area is 106 Å². The Hall–Kier alpha value is -0.530. The van der Waals surface area contributed by atoms with Crippen LogP contribution >= 0.6 is 23.2 Å². The summed E-state index contributed by atoms with van der Waals surface area (Å²) < 4.78 is 0. The van der Waals surface area contributed by atoms with E-state index < -0.39 is 0 Å². The maximum absolute atomic E-state index is 11.8. The number of rotatable bonds is 4. The van der Waals surface area contributed by atoms with Crippen LogP contribution in [0.5, 0.6) is 0 Å². The molecule has 0 saturated heterocycles. The second-order valence-electron chi connectivity index (χ2n) is 4.56. The zero-order valence-corrected chi connectivity index (χ0v) is 10.7. The van der Waals surface area contributed by atoms with Crippen LogP contribution in [0, 0.1) is 11.8 Å². The van der Waals surface area contributed by atoms with E-state index in [1.807, 2.05) is 0 Å². The van der Waals surface area contributed by atoms with E-state index in [1.165, 1.54) is 6.42 Å². The molecule has 86 valence electrons. The fourth-order valence-electron chi connectivity index (χ4n) is 1.93. The molecule has 2 unspecified atom stereocenters. The molecule has 0 spiro atoms. The monoisotopic (exact) mass is 256 g/mol. The lowest BCUT2D eigenvalue weighted by atomic mass is 10.0. The maximum Gasteiger partial charge on any atom is 0.162 e. The SMILES string of the molecule is CC1CC1CCC(=O)c1ccc(Cl)c(Cl)c1. The smallest absolute Gasteiger partial charge is 0.162 e. The van der Waals surface area contributed by atoms with E-state index in [0.29, 0.717) is 22.0 Å². The van der Waals surface area contributed by atoms with Gasteiger partial charge in [0.25, 0.3) is 0 Å². The van der Waals surface area contributed by atoms with E-state index in [1.54, 1.807) is 18.2 Å². The number of halogens is 2. The normalized spacial score (nSPS) is 23.2. The van der Waals surface area contributed by atoms with Crippen molar-refractivity contribution in [2.24, 2.45) is 11.8 Å². The Morgan fingerprint density at radius 2 is 2.06 bits per heavy atom. The first kappa shape index (κ1) is 11.9. The predicted octanol–water partition coefficient (Wildman–Crippen LogP) is 4.61. The van der Waals surface area contributed by atoms with Crippen molar-refractivity contribution < 1.29 is 4.79 Å². The van der Waals surface area contributed by atoms with E-state index in [0.717, 1.165) is 18.3 Å². The third-order valence-corrected chi connectivity index (χ3v) is 4.00. The molecule has 3 heteroatoms. The molecule has 2 atom stereocenters. The van der Waals surface area contributed by atoms with Crippen LogP contribution in [0.2, 0.25) is 10.0 Å². The summed E-state index contributed by atoms with van der Waals surface area (Å²) in [6, 6.07) is 5.08. The number of Topliss-reactive ketones (excluding diaryl/α,β-unsaturated/α-hetero) is 1.